The lowest BCUT2D eigenvalue weighted by Gasteiger charge is -2.26. The predicted octanol–water partition coefficient (Wildman–Crippen LogP) is 1.18. The van der Waals surface area contributed by atoms with Gasteiger partial charge in [-0.2, -0.15) is 0 Å². The topological polar surface area (TPSA) is 64.6 Å². The van der Waals surface area contributed by atoms with Crippen LogP contribution in [0.2, 0.25) is 0 Å². The zero-order valence-corrected chi connectivity index (χ0v) is 12.5. The molecule has 2 amide bonds. The Morgan fingerprint density at radius 2 is 2.16 bits per heavy atom. The minimum absolute atomic E-state index is 0.0914. The number of amides is 2. The maximum absolute atomic E-state index is 11.7. The number of carbonyl (C=O) groups is 1. The van der Waals surface area contributed by atoms with E-state index in [9.17, 15) is 9.90 Å². The van der Waals surface area contributed by atoms with E-state index in [4.69, 9.17) is 0 Å². The average molecular weight is 271 g/mol. The molecule has 5 nitrogen and oxygen atoms in total. The molecule has 3 N–H and O–H groups in total. The molecule has 0 spiro atoms. The molecular formula is C14H29N3O2. The van der Waals surface area contributed by atoms with Crippen LogP contribution in [0.25, 0.3) is 0 Å². The molecule has 0 heterocycles. The smallest absolute Gasteiger partial charge is 0.315 e. The van der Waals surface area contributed by atoms with Crippen molar-refractivity contribution in [2.24, 2.45) is 5.92 Å². The van der Waals surface area contributed by atoms with Crippen molar-refractivity contribution >= 4 is 6.03 Å². The molecule has 5 heteroatoms. The summed E-state index contributed by atoms with van der Waals surface area (Å²) in [7, 11) is 4.06. The average Bonchev–Trinajstić information content (AvgIpc) is 2.34. The second-order valence-corrected chi connectivity index (χ2v) is 6.03. The van der Waals surface area contributed by atoms with Gasteiger partial charge in [-0.15, -0.1) is 0 Å². The van der Waals surface area contributed by atoms with Crippen molar-refractivity contribution in [1.82, 2.24) is 15.5 Å². The minimum Gasteiger partial charge on any atom is -0.393 e. The predicted molar refractivity (Wildman–Crippen MR) is 77.1 cm³/mol. The van der Waals surface area contributed by atoms with Gasteiger partial charge in [0.1, 0.15) is 0 Å². The molecule has 0 aromatic heterocycles. The molecule has 1 rings (SSSR count). The lowest BCUT2D eigenvalue weighted by Crippen LogP contribution is -2.44. The molecule has 0 aliphatic heterocycles. The number of aliphatic hydroxyl groups excluding tert-OH is 1. The number of urea groups is 1. The fourth-order valence-electron chi connectivity index (χ4n) is 2.48. The number of aliphatic hydroxyl groups is 1. The van der Waals surface area contributed by atoms with Crippen molar-refractivity contribution in [3.63, 3.8) is 0 Å². The van der Waals surface area contributed by atoms with Crippen LogP contribution in [-0.2, 0) is 0 Å². The summed E-state index contributed by atoms with van der Waals surface area (Å²) in [4.78, 5) is 13.8. The Morgan fingerprint density at radius 1 is 1.42 bits per heavy atom. The second-order valence-electron chi connectivity index (χ2n) is 6.03. The van der Waals surface area contributed by atoms with E-state index in [0.717, 1.165) is 38.6 Å². The molecule has 19 heavy (non-hydrogen) atoms. The van der Waals surface area contributed by atoms with E-state index in [1.54, 1.807) is 0 Å². The first kappa shape index (κ1) is 16.2. The van der Waals surface area contributed by atoms with Crippen LogP contribution in [0.5, 0.6) is 0 Å². The second kappa shape index (κ2) is 8.38. The third kappa shape index (κ3) is 7.38. The van der Waals surface area contributed by atoms with Gasteiger partial charge in [0.25, 0.3) is 0 Å². The minimum atomic E-state index is -0.178. The Bertz CT molecular complexity index is 271. The first-order valence-corrected chi connectivity index (χ1v) is 7.34. The molecule has 3 unspecified atom stereocenters. The quantitative estimate of drug-likeness (QED) is 0.679. The van der Waals surface area contributed by atoms with Gasteiger partial charge in [0.05, 0.1) is 6.10 Å². The highest BCUT2D eigenvalue weighted by Crippen LogP contribution is 2.23. The lowest BCUT2D eigenvalue weighted by atomic mass is 9.87. The highest BCUT2D eigenvalue weighted by molar-refractivity contribution is 5.74. The monoisotopic (exact) mass is 271 g/mol. The van der Waals surface area contributed by atoms with Crippen molar-refractivity contribution in [1.29, 1.82) is 0 Å². The Balaban J connectivity index is 2.13. The Labute approximate surface area is 116 Å². The molecule has 3 atom stereocenters. The Kier molecular flexibility index (Phi) is 7.16. The van der Waals surface area contributed by atoms with Gasteiger partial charge in [0.2, 0.25) is 0 Å². The summed E-state index contributed by atoms with van der Waals surface area (Å²) < 4.78 is 0. The van der Waals surface area contributed by atoms with E-state index in [1.807, 2.05) is 21.0 Å². The summed E-state index contributed by atoms with van der Waals surface area (Å²) in [5.74, 6) is 0.423. The third-order valence-electron chi connectivity index (χ3n) is 3.69. The number of hydrogen-bond donors (Lipinski definition) is 3. The van der Waals surface area contributed by atoms with Gasteiger partial charge in [-0.3, -0.25) is 0 Å². The van der Waals surface area contributed by atoms with Gasteiger partial charge >= 0.3 is 6.03 Å². The third-order valence-corrected chi connectivity index (χ3v) is 3.69. The van der Waals surface area contributed by atoms with E-state index in [1.165, 1.54) is 0 Å². The lowest BCUT2D eigenvalue weighted by molar-refractivity contribution is 0.101. The summed E-state index contributed by atoms with van der Waals surface area (Å²) in [6, 6.07) is 0.0886. The van der Waals surface area contributed by atoms with Crippen molar-refractivity contribution in [3.05, 3.63) is 0 Å². The van der Waals surface area contributed by atoms with Crippen LogP contribution in [0.15, 0.2) is 0 Å². The summed E-state index contributed by atoms with van der Waals surface area (Å²) in [6.07, 6.45) is 4.66. The maximum atomic E-state index is 11.7. The summed E-state index contributed by atoms with van der Waals surface area (Å²) in [5.41, 5.74) is 0. The van der Waals surface area contributed by atoms with Gasteiger partial charge in [0, 0.05) is 12.6 Å². The molecule has 0 saturated heterocycles. The molecule has 0 bridgehead atoms. The molecule has 0 aromatic carbocycles. The molecule has 1 aliphatic rings. The standard InChI is InChI=1S/C14H29N3O2/c1-11(7-8-17(2)3)16-14(19)15-10-12-5-4-6-13(18)9-12/h11-13,18H,4-10H2,1-3H3,(H2,15,16,19). The molecule has 0 aromatic rings. The van der Waals surface area contributed by atoms with Crippen LogP contribution in [0.1, 0.15) is 39.0 Å². The van der Waals surface area contributed by atoms with E-state index < -0.39 is 0 Å². The molecular weight excluding hydrogens is 242 g/mol. The van der Waals surface area contributed by atoms with E-state index in [-0.39, 0.29) is 18.2 Å². The Hall–Kier alpha value is -0.810. The molecule has 0 radical (unpaired) electrons. The summed E-state index contributed by atoms with van der Waals surface area (Å²) in [5, 5.41) is 15.4. The fourth-order valence-corrected chi connectivity index (χ4v) is 2.48. The number of nitrogens with one attached hydrogen (secondary N) is 2. The van der Waals surface area contributed by atoms with Crippen LogP contribution in [0.3, 0.4) is 0 Å². The maximum Gasteiger partial charge on any atom is 0.315 e. The number of carbonyl (C=O) groups excluding carboxylic acids is 1. The zero-order chi connectivity index (χ0) is 14.3. The molecule has 1 aliphatic carbocycles. The molecule has 112 valence electrons. The largest absolute Gasteiger partial charge is 0.393 e. The highest BCUT2D eigenvalue weighted by Gasteiger charge is 2.20. The van der Waals surface area contributed by atoms with Crippen LogP contribution in [0, 0.1) is 5.92 Å². The van der Waals surface area contributed by atoms with Crippen LogP contribution in [-0.4, -0.2) is 55.4 Å². The van der Waals surface area contributed by atoms with E-state index in [0.29, 0.717) is 12.5 Å². The van der Waals surface area contributed by atoms with Gasteiger partial charge in [-0.1, -0.05) is 6.42 Å². The van der Waals surface area contributed by atoms with Gasteiger partial charge in [0.15, 0.2) is 0 Å². The molecule has 1 fully saturated rings. The normalized spacial score (nSPS) is 25.1. The number of rotatable bonds is 6. The van der Waals surface area contributed by atoms with Gasteiger partial charge in [-0.05, 0) is 59.2 Å². The van der Waals surface area contributed by atoms with E-state index >= 15 is 0 Å². The van der Waals surface area contributed by atoms with Gasteiger partial charge < -0.3 is 20.6 Å². The van der Waals surface area contributed by atoms with Crippen molar-refractivity contribution in [3.8, 4) is 0 Å². The number of hydrogen-bond acceptors (Lipinski definition) is 3. The molecule has 1 saturated carbocycles. The van der Waals surface area contributed by atoms with Crippen molar-refractivity contribution < 1.29 is 9.90 Å². The summed E-state index contributed by atoms with van der Waals surface area (Å²) >= 11 is 0. The van der Waals surface area contributed by atoms with E-state index in [2.05, 4.69) is 15.5 Å². The van der Waals surface area contributed by atoms with Crippen molar-refractivity contribution in [2.75, 3.05) is 27.2 Å². The fraction of sp³-hybridized carbons (Fsp3) is 0.929. The zero-order valence-electron chi connectivity index (χ0n) is 12.5. The number of nitrogens with zero attached hydrogens (tertiary/aromatic N) is 1. The van der Waals surface area contributed by atoms with Crippen LogP contribution >= 0.6 is 0 Å². The highest BCUT2D eigenvalue weighted by atomic mass is 16.3. The SMILES string of the molecule is CC(CCN(C)C)NC(=O)NCC1CCCC(O)C1. The summed E-state index contributed by atoms with van der Waals surface area (Å²) in [6.45, 7) is 3.66. The van der Waals surface area contributed by atoms with Crippen LogP contribution in [0.4, 0.5) is 4.79 Å². The van der Waals surface area contributed by atoms with Gasteiger partial charge in [-0.25, -0.2) is 4.79 Å². The van der Waals surface area contributed by atoms with Crippen LogP contribution < -0.4 is 10.6 Å². The first-order valence-electron chi connectivity index (χ1n) is 7.34. The van der Waals surface area contributed by atoms with Crippen molar-refractivity contribution in [2.45, 2.75) is 51.2 Å². The Morgan fingerprint density at radius 3 is 2.79 bits per heavy atom. The first-order chi connectivity index (χ1) is 8.97.